The van der Waals surface area contributed by atoms with Gasteiger partial charge in [0.15, 0.2) is 0 Å². The lowest BCUT2D eigenvalue weighted by molar-refractivity contribution is -0.117. The predicted molar refractivity (Wildman–Crippen MR) is 89.5 cm³/mol. The number of rotatable bonds is 7. The molecule has 0 unspecified atom stereocenters. The zero-order valence-corrected chi connectivity index (χ0v) is 13.8. The highest BCUT2D eigenvalue weighted by Gasteiger charge is 1.91. The first kappa shape index (κ1) is 22.1. The molecule has 5 heteroatoms. The first-order valence-electron chi connectivity index (χ1n) is 7.39. The van der Waals surface area contributed by atoms with Crippen LogP contribution < -0.4 is 5.73 Å². The third-order valence-corrected chi connectivity index (χ3v) is 2.48. The molecule has 0 aliphatic heterocycles. The Balaban J connectivity index is 0. The van der Waals surface area contributed by atoms with Crippen LogP contribution in [-0.4, -0.2) is 37.1 Å². The molecule has 0 saturated carbocycles. The molecule has 22 heavy (non-hydrogen) atoms. The highest BCUT2D eigenvalue weighted by Crippen LogP contribution is 1.98. The lowest BCUT2D eigenvalue weighted by Gasteiger charge is -2.08. The summed E-state index contributed by atoms with van der Waals surface area (Å²) >= 11 is 0. The van der Waals surface area contributed by atoms with E-state index in [0.29, 0.717) is 0 Å². The summed E-state index contributed by atoms with van der Waals surface area (Å²) in [5, 5.41) is 0. The fraction of sp³-hybridized carbons (Fsp3) is 0.471. The van der Waals surface area contributed by atoms with Crippen molar-refractivity contribution in [1.82, 2.24) is 4.90 Å². The minimum Gasteiger partial charge on any atom is -0.370 e. The average Bonchev–Trinajstić information content (AvgIpc) is 2.52. The monoisotopic (exact) mass is 308 g/mol. The highest BCUT2D eigenvalue weighted by atomic mass is 16.1. The van der Waals surface area contributed by atoms with Crippen molar-refractivity contribution >= 4 is 18.6 Å². The maximum absolute atomic E-state index is 10.1. The lowest BCUT2D eigenvalue weighted by Crippen LogP contribution is -2.16. The number of nitrogens with zero attached hydrogens (tertiary/aromatic N) is 1. The number of aldehydes is 1. The Bertz CT molecular complexity index is 390. The minimum atomic E-state index is -0.333. The maximum atomic E-state index is 10.1. The Kier molecular flexibility index (Phi) is 17.0. The lowest BCUT2D eigenvalue weighted by atomic mass is 10.2. The number of primary amides is 1. The summed E-state index contributed by atoms with van der Waals surface area (Å²) in [6.07, 6.45) is 6.64. The molecule has 1 rings (SSSR count). The van der Waals surface area contributed by atoms with Crippen LogP contribution in [0.2, 0.25) is 0 Å². The second-order valence-electron chi connectivity index (χ2n) is 4.79. The average molecular weight is 308 g/mol. The van der Waals surface area contributed by atoms with Gasteiger partial charge < -0.3 is 10.6 Å². The largest absolute Gasteiger partial charge is 0.370 e. The van der Waals surface area contributed by atoms with Gasteiger partial charge in [0.25, 0.3) is 0 Å². The summed E-state index contributed by atoms with van der Waals surface area (Å²) in [6.45, 7) is 4.40. The van der Waals surface area contributed by atoms with Crippen LogP contribution in [0.1, 0.15) is 49.9 Å². The van der Waals surface area contributed by atoms with Crippen molar-refractivity contribution in [2.75, 3.05) is 13.6 Å². The van der Waals surface area contributed by atoms with E-state index in [9.17, 15) is 14.4 Å². The molecule has 0 aromatic heterocycles. The molecule has 0 spiro atoms. The Labute approximate surface area is 133 Å². The van der Waals surface area contributed by atoms with Crippen LogP contribution in [0.15, 0.2) is 30.3 Å². The number of benzene rings is 1. The van der Waals surface area contributed by atoms with Gasteiger partial charge in [-0.1, -0.05) is 56.5 Å². The van der Waals surface area contributed by atoms with E-state index >= 15 is 0 Å². The molecule has 0 heterocycles. The fourth-order valence-electron chi connectivity index (χ4n) is 1.37. The first-order valence-corrected chi connectivity index (χ1v) is 7.39. The molecule has 2 N–H and O–H groups in total. The molecule has 5 nitrogen and oxygen atoms in total. The van der Waals surface area contributed by atoms with Gasteiger partial charge in [-0.15, -0.1) is 0 Å². The van der Waals surface area contributed by atoms with Gasteiger partial charge in [-0.3, -0.25) is 14.4 Å². The predicted octanol–water partition coefficient (Wildman–Crippen LogP) is 2.65. The number of carbonyl (C=O) groups excluding carboxylic acids is 3. The first-order chi connectivity index (χ1) is 10.5. The van der Waals surface area contributed by atoms with Gasteiger partial charge >= 0.3 is 0 Å². The zero-order valence-electron chi connectivity index (χ0n) is 13.8. The zero-order chi connectivity index (χ0) is 17.2. The molecule has 0 atom stereocenters. The Morgan fingerprint density at radius 2 is 1.68 bits per heavy atom. The van der Waals surface area contributed by atoms with Crippen molar-refractivity contribution in [2.45, 2.75) is 39.5 Å². The number of unbranched alkanes of at least 4 members (excludes halogenated alkanes) is 3. The Morgan fingerprint density at radius 3 is 2.05 bits per heavy atom. The van der Waals surface area contributed by atoms with E-state index < -0.39 is 0 Å². The normalized spacial score (nSPS) is 8.50. The summed E-state index contributed by atoms with van der Waals surface area (Å²) in [4.78, 5) is 31.0. The summed E-state index contributed by atoms with van der Waals surface area (Å²) in [6, 6.07) is 9.10. The summed E-state index contributed by atoms with van der Waals surface area (Å²) < 4.78 is 0. The van der Waals surface area contributed by atoms with Crippen LogP contribution in [0.3, 0.4) is 0 Å². The van der Waals surface area contributed by atoms with Gasteiger partial charge in [-0.2, -0.15) is 0 Å². The van der Waals surface area contributed by atoms with E-state index in [4.69, 9.17) is 0 Å². The molecule has 0 fully saturated rings. The summed E-state index contributed by atoms with van der Waals surface area (Å²) in [5.74, 6) is -0.333. The third-order valence-electron chi connectivity index (χ3n) is 2.48. The van der Waals surface area contributed by atoms with Crippen LogP contribution in [0.25, 0.3) is 0 Å². The molecule has 124 valence electrons. The van der Waals surface area contributed by atoms with Gasteiger partial charge in [0.1, 0.15) is 6.29 Å². The Morgan fingerprint density at radius 1 is 1.14 bits per heavy atom. The van der Waals surface area contributed by atoms with Gasteiger partial charge in [-0.05, 0) is 6.42 Å². The van der Waals surface area contributed by atoms with E-state index in [1.165, 1.54) is 26.2 Å². The van der Waals surface area contributed by atoms with Crippen LogP contribution in [0.4, 0.5) is 0 Å². The smallest absolute Gasteiger partial charge is 0.214 e. The summed E-state index contributed by atoms with van der Waals surface area (Å²) in [5.41, 5.74) is 5.20. The Hall–Kier alpha value is -2.17. The second kappa shape index (κ2) is 16.9. The van der Waals surface area contributed by atoms with E-state index in [0.717, 1.165) is 31.2 Å². The van der Waals surface area contributed by atoms with Crippen molar-refractivity contribution < 1.29 is 14.4 Å². The molecule has 1 aromatic rings. The molecule has 0 bridgehead atoms. The molecular formula is C17H28N2O3. The van der Waals surface area contributed by atoms with Crippen molar-refractivity contribution in [3.8, 4) is 0 Å². The molecule has 0 radical (unpaired) electrons. The van der Waals surface area contributed by atoms with Crippen molar-refractivity contribution in [1.29, 1.82) is 0 Å². The van der Waals surface area contributed by atoms with Gasteiger partial charge in [0.2, 0.25) is 12.3 Å². The SMILES string of the molecule is CC(N)=O.CCCCCCN(C)C=O.O=Cc1ccccc1. The number of carbonyl (C=O) groups is 3. The van der Waals surface area contributed by atoms with Crippen LogP contribution >= 0.6 is 0 Å². The van der Waals surface area contributed by atoms with Crippen molar-refractivity contribution in [3.05, 3.63) is 35.9 Å². The van der Waals surface area contributed by atoms with E-state index in [1.807, 2.05) is 25.2 Å². The maximum Gasteiger partial charge on any atom is 0.214 e. The molecular weight excluding hydrogens is 280 g/mol. The van der Waals surface area contributed by atoms with E-state index in [1.54, 1.807) is 17.0 Å². The van der Waals surface area contributed by atoms with Gasteiger partial charge in [0.05, 0.1) is 0 Å². The topological polar surface area (TPSA) is 80.5 Å². The van der Waals surface area contributed by atoms with Crippen LogP contribution in [0.5, 0.6) is 0 Å². The number of hydrogen-bond donors (Lipinski definition) is 1. The molecule has 0 aliphatic carbocycles. The quantitative estimate of drug-likeness (QED) is 0.621. The van der Waals surface area contributed by atoms with Crippen LogP contribution in [0, 0.1) is 0 Å². The minimum absolute atomic E-state index is 0.333. The van der Waals surface area contributed by atoms with Gasteiger partial charge in [-0.25, -0.2) is 0 Å². The highest BCUT2D eigenvalue weighted by molar-refractivity contribution is 5.74. The second-order valence-corrected chi connectivity index (χ2v) is 4.79. The van der Waals surface area contributed by atoms with E-state index in [2.05, 4.69) is 12.7 Å². The number of amides is 2. The fourth-order valence-corrected chi connectivity index (χ4v) is 1.37. The molecule has 0 saturated heterocycles. The van der Waals surface area contributed by atoms with Gasteiger partial charge in [0, 0.05) is 26.1 Å². The summed E-state index contributed by atoms with van der Waals surface area (Å²) in [7, 11) is 1.82. The standard InChI is InChI=1S/C8H17NO.C7H6O.C2H5NO/c1-3-4-5-6-7-9(2)8-10;8-6-7-4-2-1-3-5-7;1-2(3)4/h8H,3-7H2,1-2H3;1-6H;1H3,(H2,3,4). The van der Waals surface area contributed by atoms with Crippen molar-refractivity contribution in [3.63, 3.8) is 0 Å². The number of nitrogens with two attached hydrogens (primary N) is 1. The van der Waals surface area contributed by atoms with Crippen LogP contribution in [-0.2, 0) is 9.59 Å². The number of hydrogen-bond acceptors (Lipinski definition) is 3. The molecule has 1 aromatic carbocycles. The molecule has 2 amide bonds. The third kappa shape index (κ3) is 20.2. The van der Waals surface area contributed by atoms with Crippen molar-refractivity contribution in [2.24, 2.45) is 5.73 Å². The molecule has 0 aliphatic rings. The van der Waals surface area contributed by atoms with E-state index in [-0.39, 0.29) is 5.91 Å².